The molecular weight excluding hydrogens is 352 g/mol. The predicted octanol–water partition coefficient (Wildman–Crippen LogP) is 2.45. The zero-order chi connectivity index (χ0) is 20.2. The molecule has 0 fully saturated rings. The van der Waals surface area contributed by atoms with E-state index in [9.17, 15) is 4.79 Å². The van der Waals surface area contributed by atoms with Gasteiger partial charge in [0.15, 0.2) is 5.96 Å². The minimum atomic E-state index is -0.0861. The fourth-order valence-electron chi connectivity index (χ4n) is 2.83. The summed E-state index contributed by atoms with van der Waals surface area (Å²) in [6.07, 6.45) is 0.810. The van der Waals surface area contributed by atoms with Crippen molar-refractivity contribution >= 4 is 11.9 Å². The smallest absolute Gasteiger partial charge is 0.241 e. The van der Waals surface area contributed by atoms with E-state index >= 15 is 0 Å². The molecule has 150 valence electrons. The van der Waals surface area contributed by atoms with E-state index in [4.69, 9.17) is 4.74 Å². The molecule has 28 heavy (non-hydrogen) atoms. The first kappa shape index (κ1) is 21.3. The van der Waals surface area contributed by atoms with E-state index in [0.717, 1.165) is 24.3 Å². The molecule has 0 aliphatic rings. The molecule has 1 amide bonds. The minimum Gasteiger partial charge on any atom is -0.496 e. The number of carbonyl (C=O) groups excluding carboxylic acids is 1. The molecule has 2 aromatic carbocycles. The molecule has 0 unspecified atom stereocenters. The predicted molar refractivity (Wildman–Crippen MR) is 114 cm³/mol. The number of ether oxygens (including phenoxy) is 1. The van der Waals surface area contributed by atoms with E-state index in [-0.39, 0.29) is 12.5 Å². The Kier molecular flexibility index (Phi) is 8.85. The highest BCUT2D eigenvalue weighted by Gasteiger charge is 2.10. The van der Waals surface area contributed by atoms with Crippen molar-refractivity contribution in [3.63, 3.8) is 0 Å². The third-order valence-electron chi connectivity index (χ3n) is 4.25. The molecule has 0 atom stereocenters. The normalized spacial score (nSPS) is 11.0. The average molecular weight is 383 g/mol. The Balaban J connectivity index is 1.88. The molecule has 0 saturated heterocycles. The maximum atomic E-state index is 12.1. The molecule has 0 bridgehead atoms. The minimum absolute atomic E-state index is 0.0861. The van der Waals surface area contributed by atoms with E-state index in [2.05, 4.69) is 27.8 Å². The van der Waals surface area contributed by atoms with Crippen molar-refractivity contribution in [3.8, 4) is 5.75 Å². The number of nitrogens with one attached hydrogen (secondary N) is 2. The topological polar surface area (TPSA) is 66.0 Å². The van der Waals surface area contributed by atoms with Gasteiger partial charge in [-0.25, -0.2) is 4.99 Å². The van der Waals surface area contributed by atoms with Crippen LogP contribution in [-0.2, 0) is 17.8 Å². The van der Waals surface area contributed by atoms with Gasteiger partial charge in [0.2, 0.25) is 5.91 Å². The van der Waals surface area contributed by atoms with Gasteiger partial charge in [-0.2, -0.15) is 0 Å². The summed E-state index contributed by atoms with van der Waals surface area (Å²) in [6, 6.07) is 18.0. The lowest BCUT2D eigenvalue weighted by atomic mass is 10.1. The van der Waals surface area contributed by atoms with Gasteiger partial charge in [-0.3, -0.25) is 4.79 Å². The van der Waals surface area contributed by atoms with Crippen molar-refractivity contribution in [2.45, 2.75) is 19.9 Å². The lowest BCUT2D eigenvalue weighted by molar-refractivity contribution is -0.119. The van der Waals surface area contributed by atoms with Gasteiger partial charge in [0.1, 0.15) is 12.3 Å². The molecule has 6 heteroatoms. The van der Waals surface area contributed by atoms with E-state index in [1.54, 1.807) is 7.11 Å². The maximum Gasteiger partial charge on any atom is 0.241 e. The number of amides is 1. The van der Waals surface area contributed by atoms with Crippen molar-refractivity contribution in [2.24, 2.45) is 4.99 Å². The Bertz CT molecular complexity index is 762. The van der Waals surface area contributed by atoms with E-state index in [1.165, 1.54) is 5.56 Å². The SMILES string of the molecule is CCNC(=NCC(=O)NCCc1ccccc1)N(C)Cc1ccccc1OC. The van der Waals surface area contributed by atoms with Gasteiger partial charge >= 0.3 is 0 Å². The van der Waals surface area contributed by atoms with Crippen LogP contribution in [0.1, 0.15) is 18.1 Å². The summed E-state index contributed by atoms with van der Waals surface area (Å²) in [5.74, 6) is 1.44. The Morgan fingerprint density at radius 3 is 2.50 bits per heavy atom. The summed E-state index contributed by atoms with van der Waals surface area (Å²) in [4.78, 5) is 18.6. The fourth-order valence-corrected chi connectivity index (χ4v) is 2.83. The Labute approximate surface area is 167 Å². The maximum absolute atomic E-state index is 12.1. The molecule has 2 N–H and O–H groups in total. The van der Waals surface area contributed by atoms with Crippen LogP contribution in [0.5, 0.6) is 5.75 Å². The number of nitrogens with zero attached hydrogens (tertiary/aromatic N) is 2. The molecule has 0 aliphatic carbocycles. The highest BCUT2D eigenvalue weighted by Crippen LogP contribution is 2.18. The fraction of sp³-hybridized carbons (Fsp3) is 0.364. The lowest BCUT2D eigenvalue weighted by Crippen LogP contribution is -2.39. The first-order valence-corrected chi connectivity index (χ1v) is 9.56. The van der Waals surface area contributed by atoms with Gasteiger partial charge in [-0.1, -0.05) is 48.5 Å². The molecule has 0 saturated carbocycles. The van der Waals surface area contributed by atoms with Crippen LogP contribution in [0.15, 0.2) is 59.6 Å². The van der Waals surface area contributed by atoms with Crippen LogP contribution in [0.25, 0.3) is 0 Å². The molecular formula is C22H30N4O2. The molecule has 0 aliphatic heterocycles. The summed E-state index contributed by atoms with van der Waals surface area (Å²) in [6.45, 7) is 4.06. The van der Waals surface area contributed by atoms with Crippen LogP contribution in [-0.4, -0.2) is 50.6 Å². The Morgan fingerprint density at radius 1 is 1.07 bits per heavy atom. The number of hydrogen-bond acceptors (Lipinski definition) is 3. The van der Waals surface area contributed by atoms with Crippen molar-refractivity contribution < 1.29 is 9.53 Å². The van der Waals surface area contributed by atoms with Crippen LogP contribution < -0.4 is 15.4 Å². The monoisotopic (exact) mass is 382 g/mol. The zero-order valence-corrected chi connectivity index (χ0v) is 16.9. The summed E-state index contributed by atoms with van der Waals surface area (Å²) in [7, 11) is 3.61. The summed E-state index contributed by atoms with van der Waals surface area (Å²) < 4.78 is 5.41. The third kappa shape index (κ3) is 6.95. The molecule has 0 spiro atoms. The largest absolute Gasteiger partial charge is 0.496 e. The number of benzene rings is 2. The average Bonchev–Trinajstić information content (AvgIpc) is 2.72. The first-order valence-electron chi connectivity index (χ1n) is 9.56. The van der Waals surface area contributed by atoms with Crippen molar-refractivity contribution in [1.82, 2.24) is 15.5 Å². The number of rotatable bonds is 9. The zero-order valence-electron chi connectivity index (χ0n) is 16.9. The first-order chi connectivity index (χ1) is 13.6. The van der Waals surface area contributed by atoms with Gasteiger partial charge in [-0.05, 0) is 25.0 Å². The molecule has 2 aromatic rings. The van der Waals surface area contributed by atoms with Crippen LogP contribution in [0.4, 0.5) is 0 Å². The van der Waals surface area contributed by atoms with Gasteiger partial charge in [0.05, 0.1) is 7.11 Å². The van der Waals surface area contributed by atoms with Crippen molar-refractivity contribution in [2.75, 3.05) is 33.8 Å². The molecule has 0 heterocycles. The third-order valence-corrected chi connectivity index (χ3v) is 4.25. The second-order valence-corrected chi connectivity index (χ2v) is 6.42. The van der Waals surface area contributed by atoms with E-state index < -0.39 is 0 Å². The number of methoxy groups -OCH3 is 1. The number of hydrogen-bond donors (Lipinski definition) is 2. The second kappa shape index (κ2) is 11.6. The van der Waals surface area contributed by atoms with Crippen molar-refractivity contribution in [1.29, 1.82) is 0 Å². The Morgan fingerprint density at radius 2 is 1.79 bits per heavy atom. The molecule has 0 radical (unpaired) electrons. The van der Waals surface area contributed by atoms with Gasteiger partial charge < -0.3 is 20.3 Å². The summed E-state index contributed by atoms with van der Waals surface area (Å²) in [5.41, 5.74) is 2.27. The number of aliphatic imine (C=N–C) groups is 1. The van der Waals surface area contributed by atoms with Gasteiger partial charge in [0, 0.05) is 32.2 Å². The van der Waals surface area contributed by atoms with Gasteiger partial charge in [-0.15, -0.1) is 0 Å². The molecule has 2 rings (SSSR count). The summed E-state index contributed by atoms with van der Waals surface area (Å²) in [5, 5.41) is 6.16. The second-order valence-electron chi connectivity index (χ2n) is 6.42. The molecule has 6 nitrogen and oxygen atoms in total. The quantitative estimate of drug-likeness (QED) is 0.516. The number of guanidine groups is 1. The van der Waals surface area contributed by atoms with Crippen LogP contribution in [0, 0.1) is 0 Å². The van der Waals surface area contributed by atoms with Crippen LogP contribution >= 0.6 is 0 Å². The standard InChI is InChI=1S/C22H30N4O2/c1-4-23-22(26(2)17-19-12-8-9-13-20(19)28-3)25-16-21(27)24-15-14-18-10-6-5-7-11-18/h5-13H,4,14-17H2,1-3H3,(H,23,25)(H,24,27). The van der Waals surface area contributed by atoms with E-state index in [0.29, 0.717) is 19.0 Å². The van der Waals surface area contributed by atoms with Crippen LogP contribution in [0.2, 0.25) is 0 Å². The highest BCUT2D eigenvalue weighted by atomic mass is 16.5. The molecule has 0 aromatic heterocycles. The van der Waals surface area contributed by atoms with Crippen molar-refractivity contribution in [3.05, 3.63) is 65.7 Å². The lowest BCUT2D eigenvalue weighted by Gasteiger charge is -2.23. The number of carbonyl (C=O) groups is 1. The van der Waals surface area contributed by atoms with Crippen LogP contribution in [0.3, 0.4) is 0 Å². The van der Waals surface area contributed by atoms with E-state index in [1.807, 2.05) is 61.3 Å². The van der Waals surface area contributed by atoms with Gasteiger partial charge in [0.25, 0.3) is 0 Å². The Hall–Kier alpha value is -3.02. The number of para-hydroxylation sites is 1. The highest BCUT2D eigenvalue weighted by molar-refractivity contribution is 5.84. The summed E-state index contributed by atoms with van der Waals surface area (Å²) >= 11 is 0.